The molecule has 0 aliphatic carbocycles. The summed E-state index contributed by atoms with van der Waals surface area (Å²) in [6.07, 6.45) is 0. The zero-order valence-electron chi connectivity index (χ0n) is 5.87. The van der Waals surface area contributed by atoms with Crippen LogP contribution < -0.4 is 5.32 Å². The fourth-order valence-corrected chi connectivity index (χ4v) is 0.341. The Labute approximate surface area is 90.0 Å². The number of hydrogen-bond donors (Lipinski definition) is 3. The number of halogens is 1. The Morgan fingerprint density at radius 2 is 1.91 bits per heavy atom. The number of aliphatic carboxylic acids is 2. The van der Waals surface area contributed by atoms with Gasteiger partial charge in [0, 0.05) is 29.6 Å². The summed E-state index contributed by atoms with van der Waals surface area (Å²) in [5.74, 6) is -2.44. The van der Waals surface area contributed by atoms with Crippen molar-refractivity contribution >= 4 is 53.1 Å². The third kappa shape index (κ3) is 8.09. The minimum atomic E-state index is -1.34. The Balaban J connectivity index is 0. The van der Waals surface area contributed by atoms with Crippen LogP contribution in [0.3, 0.4) is 0 Å². The third-order valence-electron chi connectivity index (χ3n) is 0.649. The summed E-state index contributed by atoms with van der Waals surface area (Å²) < 4.78 is 0. The second-order valence-electron chi connectivity index (χ2n) is 1.48. The van der Waals surface area contributed by atoms with Gasteiger partial charge in [0.1, 0.15) is 0 Å². The summed E-state index contributed by atoms with van der Waals surface area (Å²) in [4.78, 5) is 19.7. The van der Waals surface area contributed by atoms with Crippen LogP contribution in [0.4, 0.5) is 0 Å². The van der Waals surface area contributed by atoms with Gasteiger partial charge in [-0.25, -0.2) is 4.79 Å². The van der Waals surface area contributed by atoms with E-state index >= 15 is 0 Å². The molecule has 1 radical (unpaired) electrons. The fraction of sp³-hybridized carbons (Fsp3) is 0.500. The maximum atomic E-state index is 9.92. The molecule has 0 spiro atoms. The first-order valence-electron chi connectivity index (χ1n) is 2.36. The predicted molar refractivity (Wildman–Crippen MR) is 38.7 cm³/mol. The molecule has 0 saturated carbocycles. The molecular formula is C4H6ClNNaO4. The number of alkyl halides is 1. The van der Waals surface area contributed by atoms with Crippen molar-refractivity contribution in [2.45, 2.75) is 5.50 Å². The van der Waals surface area contributed by atoms with Crippen molar-refractivity contribution in [3.8, 4) is 0 Å². The molecule has 5 nitrogen and oxygen atoms in total. The Kier molecular flexibility index (Phi) is 8.60. The standard InChI is InChI=1S/C4H6ClNO4.Na/c5-3(4(9)10)6-1-2(7)8;/h3,6H,1H2,(H,7,8)(H,9,10);. The van der Waals surface area contributed by atoms with Gasteiger partial charge in [-0.15, -0.1) is 0 Å². The van der Waals surface area contributed by atoms with Crippen LogP contribution in [0.15, 0.2) is 0 Å². The van der Waals surface area contributed by atoms with E-state index in [1.807, 2.05) is 5.32 Å². The molecule has 1 atom stereocenters. The fourth-order valence-electron chi connectivity index (χ4n) is 0.264. The molecular weight excluding hydrogens is 184 g/mol. The van der Waals surface area contributed by atoms with Gasteiger partial charge in [-0.2, -0.15) is 0 Å². The van der Waals surface area contributed by atoms with Crippen LogP contribution in [-0.2, 0) is 9.59 Å². The molecule has 0 aromatic heterocycles. The van der Waals surface area contributed by atoms with Gasteiger partial charge in [0.05, 0.1) is 6.54 Å². The van der Waals surface area contributed by atoms with Crippen LogP contribution in [0.2, 0.25) is 0 Å². The summed E-state index contributed by atoms with van der Waals surface area (Å²) >= 11 is 5.09. The molecule has 0 rings (SSSR count). The van der Waals surface area contributed by atoms with Gasteiger partial charge in [-0.3, -0.25) is 10.1 Å². The first-order valence-corrected chi connectivity index (χ1v) is 2.79. The van der Waals surface area contributed by atoms with E-state index in [0.29, 0.717) is 0 Å². The number of nitrogens with one attached hydrogen (secondary N) is 1. The molecule has 0 fully saturated rings. The van der Waals surface area contributed by atoms with Crippen LogP contribution in [0.1, 0.15) is 0 Å². The van der Waals surface area contributed by atoms with Crippen molar-refractivity contribution in [3.05, 3.63) is 0 Å². The Hall–Kier alpha value is 0.190. The van der Waals surface area contributed by atoms with Crippen molar-refractivity contribution in [1.29, 1.82) is 0 Å². The molecule has 0 amide bonds. The number of carboxylic acid groups (broad SMARTS) is 2. The molecule has 11 heavy (non-hydrogen) atoms. The van der Waals surface area contributed by atoms with Crippen LogP contribution in [-0.4, -0.2) is 63.8 Å². The second kappa shape index (κ2) is 6.87. The van der Waals surface area contributed by atoms with Gasteiger partial charge in [0.15, 0.2) is 5.50 Å². The minimum absolute atomic E-state index is 0. The molecule has 0 aliphatic rings. The molecule has 0 saturated heterocycles. The van der Waals surface area contributed by atoms with Crippen LogP contribution >= 0.6 is 11.6 Å². The van der Waals surface area contributed by atoms with E-state index < -0.39 is 24.0 Å². The summed E-state index contributed by atoms with van der Waals surface area (Å²) in [6.45, 7) is -0.458. The molecule has 0 heterocycles. The van der Waals surface area contributed by atoms with Crippen molar-refractivity contribution in [1.82, 2.24) is 5.32 Å². The normalized spacial score (nSPS) is 11.4. The van der Waals surface area contributed by atoms with Crippen molar-refractivity contribution in [3.63, 3.8) is 0 Å². The van der Waals surface area contributed by atoms with Gasteiger partial charge in [-0.1, -0.05) is 11.6 Å². The molecule has 1 unspecified atom stereocenters. The second-order valence-corrected chi connectivity index (χ2v) is 1.91. The molecule has 0 aromatic rings. The Bertz CT molecular complexity index is 153. The summed E-state index contributed by atoms with van der Waals surface area (Å²) in [6, 6.07) is 0. The number of carbonyl (C=O) groups is 2. The van der Waals surface area contributed by atoms with E-state index in [9.17, 15) is 9.59 Å². The summed E-state index contributed by atoms with van der Waals surface area (Å²) in [7, 11) is 0. The molecule has 7 heteroatoms. The van der Waals surface area contributed by atoms with E-state index in [1.54, 1.807) is 0 Å². The topological polar surface area (TPSA) is 86.6 Å². The average molecular weight is 191 g/mol. The molecule has 0 aromatic carbocycles. The predicted octanol–water partition coefficient (Wildman–Crippen LogP) is -1.07. The van der Waals surface area contributed by atoms with Gasteiger partial charge < -0.3 is 10.2 Å². The van der Waals surface area contributed by atoms with Crippen LogP contribution in [0, 0.1) is 0 Å². The minimum Gasteiger partial charge on any atom is -0.480 e. The Morgan fingerprint density at radius 3 is 2.18 bits per heavy atom. The maximum absolute atomic E-state index is 9.92. The smallest absolute Gasteiger partial charge is 0.336 e. The van der Waals surface area contributed by atoms with E-state index in [-0.39, 0.29) is 29.6 Å². The summed E-state index contributed by atoms with van der Waals surface area (Å²) in [5, 5.41) is 18.2. The summed E-state index contributed by atoms with van der Waals surface area (Å²) in [5.41, 5.74) is -1.34. The first kappa shape index (κ1) is 13.8. The van der Waals surface area contributed by atoms with Crippen LogP contribution in [0.25, 0.3) is 0 Å². The zero-order chi connectivity index (χ0) is 8.15. The number of carboxylic acids is 2. The Morgan fingerprint density at radius 1 is 1.45 bits per heavy atom. The maximum Gasteiger partial charge on any atom is 0.336 e. The van der Waals surface area contributed by atoms with Gasteiger partial charge in [0.2, 0.25) is 0 Å². The van der Waals surface area contributed by atoms with E-state index in [1.165, 1.54) is 0 Å². The quantitative estimate of drug-likeness (QED) is 0.299. The van der Waals surface area contributed by atoms with Crippen molar-refractivity contribution < 1.29 is 19.8 Å². The van der Waals surface area contributed by atoms with E-state index in [2.05, 4.69) is 0 Å². The first-order chi connectivity index (χ1) is 4.54. The van der Waals surface area contributed by atoms with Crippen LogP contribution in [0.5, 0.6) is 0 Å². The van der Waals surface area contributed by atoms with Crippen molar-refractivity contribution in [2.75, 3.05) is 6.54 Å². The van der Waals surface area contributed by atoms with E-state index in [4.69, 9.17) is 21.8 Å². The largest absolute Gasteiger partial charge is 0.480 e. The van der Waals surface area contributed by atoms with Gasteiger partial charge >= 0.3 is 11.9 Å². The monoisotopic (exact) mass is 190 g/mol. The molecule has 0 aliphatic heterocycles. The SMILES string of the molecule is O=C(O)CNC(Cl)C(=O)O.[Na]. The van der Waals surface area contributed by atoms with Gasteiger partial charge in [-0.05, 0) is 0 Å². The number of rotatable bonds is 4. The van der Waals surface area contributed by atoms with E-state index in [0.717, 1.165) is 0 Å². The molecule has 59 valence electrons. The molecule has 0 bridgehead atoms. The third-order valence-corrected chi connectivity index (χ3v) is 0.990. The van der Waals surface area contributed by atoms with Crippen molar-refractivity contribution in [2.24, 2.45) is 0 Å². The zero-order valence-corrected chi connectivity index (χ0v) is 8.63. The number of hydrogen-bond acceptors (Lipinski definition) is 3. The average Bonchev–Trinajstić information content (AvgIpc) is 1.82. The van der Waals surface area contributed by atoms with Gasteiger partial charge in [0.25, 0.3) is 0 Å². The molecule has 3 N–H and O–H groups in total.